The second kappa shape index (κ2) is 6.26. The first kappa shape index (κ1) is 14.2. The van der Waals surface area contributed by atoms with E-state index in [9.17, 15) is 0 Å². The Hall–Kier alpha value is -1.26. The molecule has 1 atom stereocenters. The average molecular weight is 320 g/mol. The van der Waals surface area contributed by atoms with Crippen LogP contribution in [0.15, 0.2) is 34.8 Å². The minimum absolute atomic E-state index is 0.397. The maximum Gasteiger partial charge on any atom is 0.129 e. The number of hydrogen-bond donors (Lipinski definition) is 1. The highest BCUT2D eigenvalue weighted by Gasteiger charge is 2.09. The number of hydrogen-bond acceptors (Lipinski definition) is 3. The summed E-state index contributed by atoms with van der Waals surface area (Å²) in [6.07, 6.45) is 0.815. The third-order valence-electron chi connectivity index (χ3n) is 2.98. The summed E-state index contributed by atoms with van der Waals surface area (Å²) in [6.45, 7) is 4.77. The van der Waals surface area contributed by atoms with Crippen molar-refractivity contribution in [2.24, 2.45) is 11.7 Å². The molecule has 100 valence electrons. The summed E-state index contributed by atoms with van der Waals surface area (Å²) >= 11 is 3.57. The van der Waals surface area contributed by atoms with Crippen molar-refractivity contribution in [3.63, 3.8) is 0 Å². The van der Waals surface area contributed by atoms with Crippen molar-refractivity contribution < 1.29 is 0 Å². The van der Waals surface area contributed by atoms with Crippen LogP contribution in [0.1, 0.15) is 18.4 Å². The number of aromatic nitrogens is 2. The fraction of sp³-hybridized carbons (Fsp3) is 0.333. The first-order valence-electron chi connectivity index (χ1n) is 6.39. The molecule has 0 amide bonds. The predicted molar refractivity (Wildman–Crippen MR) is 81.8 cm³/mol. The molecule has 1 aromatic carbocycles. The molecule has 2 aromatic rings. The minimum Gasteiger partial charge on any atom is -0.330 e. The zero-order chi connectivity index (χ0) is 13.8. The monoisotopic (exact) mass is 319 g/mol. The molecule has 4 heteroatoms. The van der Waals surface area contributed by atoms with Gasteiger partial charge in [0.1, 0.15) is 5.82 Å². The highest BCUT2D eigenvalue weighted by molar-refractivity contribution is 9.10. The van der Waals surface area contributed by atoms with E-state index in [0.717, 1.165) is 33.7 Å². The fourth-order valence-corrected chi connectivity index (χ4v) is 2.41. The molecule has 0 saturated carbocycles. The standard InChI is InChI=1S/C15H18BrN3/c1-10(9-17)7-15-18-11(2)8-14(19-15)12-5-3-4-6-13(12)16/h3-6,8,10H,7,9,17H2,1-2H3. The van der Waals surface area contributed by atoms with Crippen LogP contribution in [0.25, 0.3) is 11.3 Å². The van der Waals surface area contributed by atoms with Gasteiger partial charge in [-0.1, -0.05) is 41.1 Å². The van der Waals surface area contributed by atoms with E-state index in [4.69, 9.17) is 5.73 Å². The topological polar surface area (TPSA) is 51.8 Å². The summed E-state index contributed by atoms with van der Waals surface area (Å²) in [4.78, 5) is 9.15. The van der Waals surface area contributed by atoms with Crippen LogP contribution in [0.5, 0.6) is 0 Å². The van der Waals surface area contributed by atoms with Gasteiger partial charge in [-0.3, -0.25) is 0 Å². The van der Waals surface area contributed by atoms with Gasteiger partial charge in [0.15, 0.2) is 0 Å². The quantitative estimate of drug-likeness (QED) is 0.940. The second-order valence-corrected chi connectivity index (χ2v) is 5.69. The van der Waals surface area contributed by atoms with Crippen molar-refractivity contribution in [1.82, 2.24) is 9.97 Å². The van der Waals surface area contributed by atoms with Crippen LogP contribution in [0.2, 0.25) is 0 Å². The van der Waals surface area contributed by atoms with E-state index in [1.807, 2.05) is 31.2 Å². The average Bonchev–Trinajstić information content (AvgIpc) is 2.38. The molecule has 0 saturated heterocycles. The molecule has 2 N–H and O–H groups in total. The highest BCUT2D eigenvalue weighted by Crippen LogP contribution is 2.26. The Kier molecular flexibility index (Phi) is 4.66. The van der Waals surface area contributed by atoms with E-state index in [1.54, 1.807) is 0 Å². The molecular weight excluding hydrogens is 302 g/mol. The molecule has 0 aliphatic carbocycles. The van der Waals surface area contributed by atoms with Crippen molar-refractivity contribution >= 4 is 15.9 Å². The summed E-state index contributed by atoms with van der Waals surface area (Å²) in [6, 6.07) is 10.1. The summed E-state index contributed by atoms with van der Waals surface area (Å²) in [7, 11) is 0. The molecule has 2 rings (SSSR count). The van der Waals surface area contributed by atoms with Gasteiger partial charge >= 0.3 is 0 Å². The van der Waals surface area contributed by atoms with Crippen molar-refractivity contribution in [3.8, 4) is 11.3 Å². The fourth-order valence-electron chi connectivity index (χ4n) is 1.92. The minimum atomic E-state index is 0.397. The molecule has 0 fully saturated rings. The van der Waals surface area contributed by atoms with E-state index in [0.29, 0.717) is 12.5 Å². The van der Waals surface area contributed by atoms with Gasteiger partial charge in [0.2, 0.25) is 0 Å². The molecule has 3 nitrogen and oxygen atoms in total. The lowest BCUT2D eigenvalue weighted by Gasteiger charge is -2.10. The Balaban J connectivity index is 2.39. The van der Waals surface area contributed by atoms with Crippen LogP contribution < -0.4 is 5.73 Å². The molecule has 19 heavy (non-hydrogen) atoms. The molecule has 0 aliphatic heterocycles. The van der Waals surface area contributed by atoms with Crippen LogP contribution in [-0.2, 0) is 6.42 Å². The molecular formula is C15H18BrN3. The van der Waals surface area contributed by atoms with Crippen LogP contribution in [0, 0.1) is 12.8 Å². The smallest absolute Gasteiger partial charge is 0.129 e. The summed E-state index contributed by atoms with van der Waals surface area (Å²) in [5, 5.41) is 0. The number of halogens is 1. The zero-order valence-electron chi connectivity index (χ0n) is 11.2. The van der Waals surface area contributed by atoms with E-state index >= 15 is 0 Å². The van der Waals surface area contributed by atoms with Gasteiger partial charge < -0.3 is 5.73 Å². The van der Waals surface area contributed by atoms with E-state index in [-0.39, 0.29) is 0 Å². The Bertz CT molecular complexity index is 569. The number of nitrogens with zero attached hydrogens (tertiary/aromatic N) is 2. The van der Waals surface area contributed by atoms with Crippen LogP contribution in [0.4, 0.5) is 0 Å². The highest BCUT2D eigenvalue weighted by atomic mass is 79.9. The number of rotatable bonds is 4. The van der Waals surface area contributed by atoms with Gasteiger partial charge in [0, 0.05) is 22.2 Å². The maximum atomic E-state index is 5.67. The summed E-state index contributed by atoms with van der Waals surface area (Å²) in [5.41, 5.74) is 8.70. The molecule has 0 bridgehead atoms. The largest absolute Gasteiger partial charge is 0.330 e. The van der Waals surface area contributed by atoms with Gasteiger partial charge in [0.25, 0.3) is 0 Å². The lowest BCUT2D eigenvalue weighted by molar-refractivity contribution is 0.573. The Morgan fingerprint density at radius 2 is 2.00 bits per heavy atom. The summed E-state index contributed by atoms with van der Waals surface area (Å²) in [5.74, 6) is 1.26. The summed E-state index contributed by atoms with van der Waals surface area (Å²) < 4.78 is 1.05. The maximum absolute atomic E-state index is 5.67. The molecule has 0 aliphatic rings. The lowest BCUT2D eigenvalue weighted by atomic mass is 10.1. The number of aryl methyl sites for hydroxylation is 1. The third-order valence-corrected chi connectivity index (χ3v) is 3.68. The van der Waals surface area contributed by atoms with Crippen molar-refractivity contribution in [1.29, 1.82) is 0 Å². The van der Waals surface area contributed by atoms with Crippen LogP contribution >= 0.6 is 15.9 Å². The first-order valence-corrected chi connectivity index (χ1v) is 7.19. The van der Waals surface area contributed by atoms with E-state index in [1.165, 1.54) is 0 Å². The van der Waals surface area contributed by atoms with E-state index < -0.39 is 0 Å². The van der Waals surface area contributed by atoms with E-state index in [2.05, 4.69) is 38.9 Å². The van der Waals surface area contributed by atoms with Gasteiger partial charge in [0.05, 0.1) is 5.69 Å². The number of nitrogens with two attached hydrogens (primary N) is 1. The second-order valence-electron chi connectivity index (χ2n) is 4.84. The molecule has 0 radical (unpaired) electrons. The SMILES string of the molecule is Cc1cc(-c2ccccc2Br)nc(CC(C)CN)n1. The Morgan fingerprint density at radius 3 is 2.68 bits per heavy atom. The van der Waals surface area contributed by atoms with Crippen molar-refractivity contribution in [2.45, 2.75) is 20.3 Å². The molecule has 1 aromatic heterocycles. The van der Waals surface area contributed by atoms with Crippen LogP contribution in [-0.4, -0.2) is 16.5 Å². The Labute approximate surface area is 122 Å². The van der Waals surface area contributed by atoms with Gasteiger partial charge in [-0.2, -0.15) is 0 Å². The first-order chi connectivity index (χ1) is 9.10. The Morgan fingerprint density at radius 1 is 1.26 bits per heavy atom. The van der Waals surface area contributed by atoms with Gasteiger partial charge in [-0.15, -0.1) is 0 Å². The third kappa shape index (κ3) is 3.61. The van der Waals surface area contributed by atoms with Crippen LogP contribution in [0.3, 0.4) is 0 Å². The van der Waals surface area contributed by atoms with Crippen molar-refractivity contribution in [2.75, 3.05) is 6.54 Å². The van der Waals surface area contributed by atoms with Gasteiger partial charge in [-0.25, -0.2) is 9.97 Å². The molecule has 1 heterocycles. The molecule has 1 unspecified atom stereocenters. The number of benzene rings is 1. The zero-order valence-corrected chi connectivity index (χ0v) is 12.8. The van der Waals surface area contributed by atoms with Crippen molar-refractivity contribution in [3.05, 3.63) is 46.3 Å². The predicted octanol–water partition coefficient (Wildman–Crippen LogP) is 3.35. The lowest BCUT2D eigenvalue weighted by Crippen LogP contribution is -2.15. The molecule has 0 spiro atoms. The normalized spacial score (nSPS) is 12.4. The van der Waals surface area contributed by atoms with Gasteiger partial charge in [-0.05, 0) is 31.5 Å².